The summed E-state index contributed by atoms with van der Waals surface area (Å²) in [5, 5.41) is 12.7. The smallest absolute Gasteiger partial charge is 0.410 e. The van der Waals surface area contributed by atoms with Crippen molar-refractivity contribution in [2.45, 2.75) is 79.1 Å². The normalized spacial score (nSPS) is 23.4. The van der Waals surface area contributed by atoms with Crippen molar-refractivity contribution in [2.75, 3.05) is 31.1 Å². The zero-order valence-electron chi connectivity index (χ0n) is 26.2. The highest BCUT2D eigenvalue weighted by Gasteiger charge is 2.64. The van der Waals surface area contributed by atoms with E-state index < -0.39 is 5.60 Å². The van der Waals surface area contributed by atoms with Crippen molar-refractivity contribution in [3.63, 3.8) is 0 Å². The molecule has 43 heavy (non-hydrogen) atoms. The Kier molecular flexibility index (Phi) is 7.83. The van der Waals surface area contributed by atoms with Gasteiger partial charge in [-0.05, 0) is 57.9 Å². The predicted octanol–water partition coefficient (Wildman–Crippen LogP) is 6.06. The number of likely N-dealkylation sites (tertiary alicyclic amines) is 1. The molecule has 1 spiro atoms. The Morgan fingerprint density at radius 2 is 1.72 bits per heavy atom. The third kappa shape index (κ3) is 5.99. The summed E-state index contributed by atoms with van der Waals surface area (Å²) >= 11 is 6.21. The van der Waals surface area contributed by atoms with Crippen molar-refractivity contribution in [1.82, 2.24) is 15.2 Å². The average Bonchev–Trinajstić information content (AvgIpc) is 2.92. The van der Waals surface area contributed by atoms with Crippen LogP contribution in [0.2, 0.25) is 5.02 Å². The van der Waals surface area contributed by atoms with E-state index in [9.17, 15) is 9.59 Å². The van der Waals surface area contributed by atoms with Gasteiger partial charge in [0.25, 0.3) is 5.91 Å². The van der Waals surface area contributed by atoms with Crippen molar-refractivity contribution < 1.29 is 19.1 Å². The molecule has 0 radical (unpaired) electrons. The lowest BCUT2D eigenvalue weighted by atomic mass is 9.49. The van der Waals surface area contributed by atoms with Crippen molar-refractivity contribution in [2.24, 2.45) is 16.2 Å². The summed E-state index contributed by atoms with van der Waals surface area (Å²) in [6.45, 7) is 17.2. The average molecular weight is 608 g/mol. The fourth-order valence-corrected chi connectivity index (χ4v) is 7.48. The summed E-state index contributed by atoms with van der Waals surface area (Å²) < 4.78 is 11.8. The van der Waals surface area contributed by atoms with Crippen LogP contribution < -0.4 is 15.0 Å². The topological polar surface area (TPSA) is 108 Å². The minimum Gasteiger partial charge on any atom is -0.489 e. The third-order valence-corrected chi connectivity index (χ3v) is 9.61. The molecule has 10 heteroatoms. The maximum atomic E-state index is 13.3. The number of piperidine rings is 1. The second kappa shape index (κ2) is 10.9. The van der Waals surface area contributed by atoms with Gasteiger partial charge < -0.3 is 24.6 Å². The van der Waals surface area contributed by atoms with Crippen LogP contribution in [-0.2, 0) is 4.74 Å². The van der Waals surface area contributed by atoms with Gasteiger partial charge in [-0.15, -0.1) is 0 Å². The second-order valence-corrected chi connectivity index (χ2v) is 14.9. The maximum absolute atomic E-state index is 13.3. The number of carbonyl (C=O) groups excluding carboxylic acids is 2. The number of nitrogens with one attached hydrogen (secondary N) is 1. The standard InChI is InChI=1S/C33H42ClN5O4/c1-30(2,3)43-29(41)39-19-33(20-39)12-14-38(15-13-33)25-11-9-22(18-36-25)26(40)37-27-31(4,5)28(32(27,6)7)42-23-10-8-21(17-35)24(34)16-23/h8-11,16,18,27-28H,12-15,19-20H2,1-7H3,(H,37,40)/t27-,28-. The van der Waals surface area contributed by atoms with Gasteiger partial charge in [-0.1, -0.05) is 39.3 Å². The molecule has 0 unspecified atom stereocenters. The zero-order chi connectivity index (χ0) is 31.4. The van der Waals surface area contributed by atoms with Crippen LogP contribution in [0, 0.1) is 27.6 Å². The van der Waals surface area contributed by atoms with Gasteiger partial charge in [0.1, 0.15) is 29.3 Å². The first-order valence-corrected chi connectivity index (χ1v) is 15.3. The first-order valence-electron chi connectivity index (χ1n) is 14.9. The van der Waals surface area contributed by atoms with Gasteiger partial charge in [-0.2, -0.15) is 5.26 Å². The number of amides is 2. The summed E-state index contributed by atoms with van der Waals surface area (Å²) in [7, 11) is 0. The van der Waals surface area contributed by atoms with Crippen molar-refractivity contribution in [3.8, 4) is 11.8 Å². The molecule has 9 nitrogen and oxygen atoms in total. The lowest BCUT2D eigenvalue weighted by molar-refractivity contribution is -0.164. The highest BCUT2D eigenvalue weighted by Crippen LogP contribution is 2.55. The molecule has 3 heterocycles. The molecule has 5 rings (SSSR count). The van der Waals surface area contributed by atoms with E-state index in [2.05, 4.69) is 49.0 Å². The lowest BCUT2D eigenvalue weighted by Crippen LogP contribution is -2.74. The predicted molar refractivity (Wildman–Crippen MR) is 165 cm³/mol. The highest BCUT2D eigenvalue weighted by molar-refractivity contribution is 6.31. The first-order chi connectivity index (χ1) is 20.0. The Balaban J connectivity index is 1.14. The van der Waals surface area contributed by atoms with Crippen molar-refractivity contribution >= 4 is 29.4 Å². The number of rotatable bonds is 5. The van der Waals surface area contributed by atoms with Gasteiger partial charge in [0, 0.05) is 60.7 Å². The first kappa shape index (κ1) is 30.9. The Hall–Kier alpha value is -3.51. The molecular formula is C33H42ClN5O4. The summed E-state index contributed by atoms with van der Waals surface area (Å²) in [6.07, 6.45) is 3.21. The molecule has 230 valence electrons. The van der Waals surface area contributed by atoms with Crippen LogP contribution in [0.5, 0.6) is 5.75 Å². The zero-order valence-corrected chi connectivity index (χ0v) is 26.9. The second-order valence-electron chi connectivity index (χ2n) is 14.5. The van der Waals surface area contributed by atoms with Crippen LogP contribution in [0.3, 0.4) is 0 Å². The van der Waals surface area contributed by atoms with Gasteiger partial charge in [0.15, 0.2) is 0 Å². The van der Waals surface area contributed by atoms with Gasteiger partial charge in [0.2, 0.25) is 0 Å². The fraction of sp³-hybridized carbons (Fsp3) is 0.576. The maximum Gasteiger partial charge on any atom is 0.410 e. The van der Waals surface area contributed by atoms with Crippen LogP contribution in [0.15, 0.2) is 36.5 Å². The number of nitriles is 1. The molecule has 1 saturated carbocycles. The number of anilines is 1. The van der Waals surface area contributed by atoms with Crippen LogP contribution >= 0.6 is 11.6 Å². The number of nitrogens with zero attached hydrogens (tertiary/aromatic N) is 4. The van der Waals surface area contributed by atoms with Crippen molar-refractivity contribution in [3.05, 3.63) is 52.7 Å². The van der Waals surface area contributed by atoms with Gasteiger partial charge in [-0.3, -0.25) is 4.79 Å². The largest absolute Gasteiger partial charge is 0.489 e. The number of hydrogen-bond donors (Lipinski definition) is 1. The third-order valence-electron chi connectivity index (χ3n) is 9.29. The number of aromatic nitrogens is 1. The molecule has 2 saturated heterocycles. The van der Waals surface area contributed by atoms with E-state index in [0.29, 0.717) is 21.9 Å². The fourth-order valence-electron chi connectivity index (χ4n) is 7.26. The number of ether oxygens (including phenoxy) is 2. The van der Waals surface area contributed by atoms with Crippen molar-refractivity contribution in [1.29, 1.82) is 5.26 Å². The van der Waals surface area contributed by atoms with Crippen LogP contribution in [0.25, 0.3) is 0 Å². The van der Waals surface area contributed by atoms with E-state index in [0.717, 1.165) is 44.8 Å². The number of carbonyl (C=O) groups is 2. The van der Waals surface area contributed by atoms with Crippen LogP contribution in [0.1, 0.15) is 77.2 Å². The Bertz CT molecular complexity index is 1410. The molecule has 3 fully saturated rings. The van der Waals surface area contributed by atoms with E-state index in [1.54, 1.807) is 29.3 Å². The van der Waals surface area contributed by atoms with Crippen LogP contribution in [-0.4, -0.2) is 65.8 Å². The number of benzene rings is 1. The molecule has 2 amide bonds. The number of pyridine rings is 1. The monoisotopic (exact) mass is 607 g/mol. The minimum atomic E-state index is -0.485. The SMILES string of the molecule is CC(C)(C)OC(=O)N1CC2(CCN(c3ccc(C(=O)N[C@H]4C(C)(C)[C@H](Oc5ccc(C#N)c(Cl)c5)C4(C)C)cn3)CC2)C1. The van der Waals surface area contributed by atoms with Gasteiger partial charge in [-0.25, -0.2) is 9.78 Å². The molecular weight excluding hydrogens is 566 g/mol. The summed E-state index contributed by atoms with van der Waals surface area (Å²) in [5.74, 6) is 1.29. The summed E-state index contributed by atoms with van der Waals surface area (Å²) in [5.41, 5.74) is -0.112. The Morgan fingerprint density at radius 3 is 2.26 bits per heavy atom. The van der Waals surface area contributed by atoms with E-state index >= 15 is 0 Å². The van der Waals surface area contributed by atoms with Crippen LogP contribution in [0.4, 0.5) is 10.6 Å². The minimum absolute atomic E-state index is 0.132. The summed E-state index contributed by atoms with van der Waals surface area (Å²) in [6, 6.07) is 10.8. The Labute approximate surface area is 259 Å². The molecule has 1 aromatic heterocycles. The van der Waals surface area contributed by atoms with Gasteiger partial charge >= 0.3 is 6.09 Å². The molecule has 1 aromatic carbocycles. The van der Waals surface area contributed by atoms with E-state index in [-0.39, 0.29) is 40.4 Å². The summed E-state index contributed by atoms with van der Waals surface area (Å²) in [4.78, 5) is 34.3. The number of hydrogen-bond acceptors (Lipinski definition) is 7. The van der Waals surface area contributed by atoms with E-state index in [1.807, 2.05) is 32.9 Å². The quantitative estimate of drug-likeness (QED) is 0.440. The molecule has 0 bridgehead atoms. The molecule has 2 aromatic rings. The molecule has 1 aliphatic carbocycles. The molecule has 2 aliphatic heterocycles. The van der Waals surface area contributed by atoms with Gasteiger partial charge in [0.05, 0.1) is 16.1 Å². The Morgan fingerprint density at radius 1 is 1.07 bits per heavy atom. The highest BCUT2D eigenvalue weighted by atomic mass is 35.5. The number of halogens is 1. The molecule has 3 aliphatic rings. The van der Waals surface area contributed by atoms with E-state index in [4.69, 9.17) is 26.3 Å². The molecule has 1 N–H and O–H groups in total. The molecule has 0 atom stereocenters. The van der Waals surface area contributed by atoms with E-state index in [1.165, 1.54) is 0 Å². The lowest BCUT2D eigenvalue weighted by Gasteiger charge is -2.63.